The molecular weight excluding hydrogens is 323 g/mol. The second-order valence-electron chi connectivity index (χ2n) is 6.29. The fourth-order valence-electron chi connectivity index (χ4n) is 3.29. The molecule has 2 atom stereocenters. The molecule has 0 aliphatic heterocycles. The van der Waals surface area contributed by atoms with Crippen LogP contribution in [0.5, 0.6) is 5.75 Å². The average molecular weight is 340 g/mol. The number of hydrogen-bond donors (Lipinski definition) is 3. The molecule has 128 valence electrons. The van der Waals surface area contributed by atoms with E-state index in [1.807, 2.05) is 0 Å². The third-order valence-electron chi connectivity index (χ3n) is 4.54. The summed E-state index contributed by atoms with van der Waals surface area (Å²) in [6.45, 7) is 0. The summed E-state index contributed by atoms with van der Waals surface area (Å²) in [4.78, 5) is 4.15. The Morgan fingerprint density at radius 2 is 2.00 bits per heavy atom. The number of rotatable bonds is 3. The van der Waals surface area contributed by atoms with E-state index in [0.717, 1.165) is 29.7 Å². The van der Waals surface area contributed by atoms with Crippen molar-refractivity contribution >= 4 is 16.6 Å². The molecule has 0 unspecified atom stereocenters. The van der Waals surface area contributed by atoms with Gasteiger partial charge in [0, 0.05) is 40.8 Å². The average Bonchev–Trinajstić information content (AvgIpc) is 3.01. The lowest BCUT2D eigenvalue weighted by Gasteiger charge is -2.15. The molecular formula is C18H17FN4O2. The minimum atomic E-state index is -0.516. The van der Waals surface area contributed by atoms with Crippen LogP contribution in [0.4, 0.5) is 10.2 Å². The summed E-state index contributed by atoms with van der Waals surface area (Å²) in [5.74, 6) is -0.113. The van der Waals surface area contributed by atoms with Gasteiger partial charge in [-0.15, -0.1) is 10.2 Å². The number of halogens is 1. The molecule has 0 spiro atoms. The second kappa shape index (κ2) is 6.25. The zero-order valence-corrected chi connectivity index (χ0v) is 13.4. The Labute approximate surface area is 143 Å². The summed E-state index contributed by atoms with van der Waals surface area (Å²) in [5.41, 5.74) is 0.875. The first-order valence-electron chi connectivity index (χ1n) is 8.15. The lowest BCUT2D eigenvalue weighted by molar-refractivity contribution is 0.182. The number of phenols is 1. The van der Waals surface area contributed by atoms with Crippen LogP contribution >= 0.6 is 0 Å². The summed E-state index contributed by atoms with van der Waals surface area (Å²) in [5, 5.41) is 33.1. The van der Waals surface area contributed by atoms with Gasteiger partial charge >= 0.3 is 0 Å². The number of aliphatic hydroxyl groups is 1. The molecule has 1 aliphatic rings. The number of pyridine rings is 1. The molecule has 7 heteroatoms. The molecule has 6 nitrogen and oxygen atoms in total. The van der Waals surface area contributed by atoms with Crippen LogP contribution in [-0.2, 0) is 0 Å². The van der Waals surface area contributed by atoms with E-state index in [9.17, 15) is 14.6 Å². The molecule has 2 heterocycles. The number of phenolic OH excluding ortho intramolecular Hbond substituents is 1. The Morgan fingerprint density at radius 1 is 1.12 bits per heavy atom. The van der Waals surface area contributed by atoms with Gasteiger partial charge in [-0.25, -0.2) is 4.39 Å². The number of nitrogens with one attached hydrogen (secondary N) is 1. The highest BCUT2D eigenvalue weighted by atomic mass is 19.1. The zero-order chi connectivity index (χ0) is 17.4. The highest BCUT2D eigenvalue weighted by molar-refractivity contribution is 6.00. The number of aromatic hydroxyl groups is 1. The normalized spacial score (nSPS) is 20.1. The van der Waals surface area contributed by atoms with Gasteiger partial charge < -0.3 is 15.5 Å². The van der Waals surface area contributed by atoms with E-state index >= 15 is 0 Å². The first kappa shape index (κ1) is 15.7. The van der Waals surface area contributed by atoms with Crippen LogP contribution in [0.1, 0.15) is 19.3 Å². The zero-order valence-electron chi connectivity index (χ0n) is 13.4. The van der Waals surface area contributed by atoms with Crippen molar-refractivity contribution in [3.63, 3.8) is 0 Å². The van der Waals surface area contributed by atoms with Gasteiger partial charge in [0.15, 0.2) is 5.82 Å². The van der Waals surface area contributed by atoms with E-state index in [-0.39, 0.29) is 17.9 Å². The minimum Gasteiger partial charge on any atom is -0.507 e. The number of nitrogens with zero attached hydrogens (tertiary/aromatic N) is 3. The van der Waals surface area contributed by atoms with Gasteiger partial charge in [-0.05, 0) is 37.5 Å². The van der Waals surface area contributed by atoms with Crippen LogP contribution in [0.15, 0.2) is 36.7 Å². The number of hydrogen-bond acceptors (Lipinski definition) is 6. The van der Waals surface area contributed by atoms with Crippen molar-refractivity contribution in [3.05, 3.63) is 42.5 Å². The Balaban J connectivity index is 1.79. The van der Waals surface area contributed by atoms with E-state index < -0.39 is 5.82 Å². The molecule has 3 N–H and O–H groups in total. The van der Waals surface area contributed by atoms with Crippen molar-refractivity contribution in [3.8, 4) is 17.0 Å². The molecule has 1 aliphatic carbocycles. The van der Waals surface area contributed by atoms with Crippen molar-refractivity contribution in [1.29, 1.82) is 0 Å². The molecule has 4 rings (SSSR count). The van der Waals surface area contributed by atoms with E-state index in [0.29, 0.717) is 23.5 Å². The molecule has 25 heavy (non-hydrogen) atoms. The maximum Gasteiger partial charge on any atom is 0.158 e. The van der Waals surface area contributed by atoms with E-state index in [4.69, 9.17) is 0 Å². The third-order valence-corrected chi connectivity index (χ3v) is 4.54. The molecule has 0 amide bonds. The number of anilines is 1. The van der Waals surface area contributed by atoms with Crippen LogP contribution in [0, 0.1) is 5.82 Å². The largest absolute Gasteiger partial charge is 0.507 e. The summed E-state index contributed by atoms with van der Waals surface area (Å²) in [6.07, 6.45) is 5.34. The van der Waals surface area contributed by atoms with Gasteiger partial charge in [0.25, 0.3) is 0 Å². The van der Waals surface area contributed by atoms with Crippen molar-refractivity contribution in [2.24, 2.45) is 0 Å². The van der Waals surface area contributed by atoms with Gasteiger partial charge in [0.05, 0.1) is 6.10 Å². The van der Waals surface area contributed by atoms with E-state index in [2.05, 4.69) is 20.5 Å². The van der Waals surface area contributed by atoms with Crippen molar-refractivity contribution < 1.29 is 14.6 Å². The SMILES string of the molecule is Oc1cc(F)ccc1-c1nnc(N[C@@H]2CC[C@@H](O)C2)c2cnccc12. The standard InChI is InChI=1S/C18H17FN4O2/c19-10-1-4-14(16(25)7-10)17-13-5-6-20-9-15(13)18(23-22-17)21-11-2-3-12(24)8-11/h1,4-7,9,11-12,24-25H,2-3,8H2,(H,21,23)/t11-,12-/m1/s1. The van der Waals surface area contributed by atoms with Crippen LogP contribution in [0.25, 0.3) is 22.0 Å². The lowest BCUT2D eigenvalue weighted by Crippen LogP contribution is -2.18. The van der Waals surface area contributed by atoms with Crippen LogP contribution < -0.4 is 5.32 Å². The van der Waals surface area contributed by atoms with Gasteiger partial charge in [-0.2, -0.15) is 0 Å². The van der Waals surface area contributed by atoms with Gasteiger partial charge in [-0.1, -0.05) is 0 Å². The maximum absolute atomic E-state index is 13.3. The number of aliphatic hydroxyl groups excluding tert-OH is 1. The number of aromatic nitrogens is 3. The summed E-state index contributed by atoms with van der Waals surface area (Å²) in [7, 11) is 0. The lowest BCUT2D eigenvalue weighted by atomic mass is 10.0. The van der Waals surface area contributed by atoms with Gasteiger partial charge in [0.2, 0.25) is 0 Å². The first-order valence-corrected chi connectivity index (χ1v) is 8.15. The topological polar surface area (TPSA) is 91.2 Å². The monoisotopic (exact) mass is 340 g/mol. The van der Waals surface area contributed by atoms with Crippen molar-refractivity contribution in [2.45, 2.75) is 31.4 Å². The Bertz CT molecular complexity index is 934. The Morgan fingerprint density at radius 3 is 2.76 bits per heavy atom. The number of benzene rings is 1. The smallest absolute Gasteiger partial charge is 0.158 e. The summed E-state index contributed by atoms with van der Waals surface area (Å²) in [6, 6.07) is 5.73. The summed E-state index contributed by atoms with van der Waals surface area (Å²) >= 11 is 0. The molecule has 1 fully saturated rings. The fourth-order valence-corrected chi connectivity index (χ4v) is 3.29. The molecule has 0 bridgehead atoms. The number of fused-ring (bicyclic) bond motifs is 1. The Hall–Kier alpha value is -2.80. The van der Waals surface area contributed by atoms with Crippen LogP contribution in [0.2, 0.25) is 0 Å². The first-order chi connectivity index (χ1) is 12.1. The summed E-state index contributed by atoms with van der Waals surface area (Å²) < 4.78 is 13.3. The predicted molar refractivity (Wildman–Crippen MR) is 91.7 cm³/mol. The van der Waals surface area contributed by atoms with E-state index in [1.54, 1.807) is 18.5 Å². The van der Waals surface area contributed by atoms with Crippen molar-refractivity contribution in [1.82, 2.24) is 15.2 Å². The highest BCUT2D eigenvalue weighted by Crippen LogP contribution is 2.35. The van der Waals surface area contributed by atoms with Crippen LogP contribution in [0.3, 0.4) is 0 Å². The van der Waals surface area contributed by atoms with Gasteiger partial charge in [0.1, 0.15) is 17.3 Å². The quantitative estimate of drug-likeness (QED) is 0.679. The van der Waals surface area contributed by atoms with E-state index in [1.165, 1.54) is 12.1 Å². The molecule has 1 saturated carbocycles. The molecule has 1 aromatic carbocycles. The van der Waals surface area contributed by atoms with Gasteiger partial charge in [-0.3, -0.25) is 4.98 Å². The third kappa shape index (κ3) is 2.98. The molecule has 2 aromatic heterocycles. The fraction of sp³-hybridized carbons (Fsp3) is 0.278. The molecule has 0 radical (unpaired) electrons. The highest BCUT2D eigenvalue weighted by Gasteiger charge is 2.24. The predicted octanol–water partition coefficient (Wildman–Crippen LogP) is 2.86. The second-order valence-corrected chi connectivity index (χ2v) is 6.29. The molecule has 3 aromatic rings. The van der Waals surface area contributed by atoms with Crippen molar-refractivity contribution in [2.75, 3.05) is 5.32 Å². The van der Waals surface area contributed by atoms with Crippen LogP contribution in [-0.4, -0.2) is 37.5 Å². The molecule has 0 saturated heterocycles. The minimum absolute atomic E-state index is 0.137. The Kier molecular flexibility index (Phi) is 3.93. The maximum atomic E-state index is 13.3.